The highest BCUT2D eigenvalue weighted by Gasteiger charge is 2.40. The van der Waals surface area contributed by atoms with E-state index in [9.17, 15) is 19.2 Å². The van der Waals surface area contributed by atoms with E-state index in [-0.39, 0.29) is 0 Å². The Morgan fingerprint density at radius 2 is 0.724 bits per heavy atom. The van der Waals surface area contributed by atoms with Gasteiger partial charge >= 0.3 is 0 Å². The van der Waals surface area contributed by atoms with Crippen molar-refractivity contribution in [2.24, 2.45) is 0 Å². The van der Waals surface area contributed by atoms with Crippen molar-refractivity contribution in [1.29, 1.82) is 0 Å². The minimum atomic E-state index is -0.476. The number of nitrogens with zero attached hydrogens (tertiary/aromatic N) is 2. The number of carbonyl (C=O) groups is 4. The van der Waals surface area contributed by atoms with E-state index in [4.69, 9.17) is 0 Å². The molecule has 0 aliphatic carbocycles. The molecule has 0 radical (unpaired) electrons. The molecule has 8 rings (SSSR count). The lowest BCUT2D eigenvalue weighted by Crippen LogP contribution is -2.43. The molecule has 58 heavy (non-hydrogen) atoms. The lowest BCUT2D eigenvalue weighted by atomic mass is 9.85. The van der Waals surface area contributed by atoms with Gasteiger partial charge in [0.05, 0.1) is 11.4 Å². The third-order valence-corrected chi connectivity index (χ3v) is 13.8. The number of hydrogen-bond acceptors (Lipinski definition) is 6. The molecule has 2 aliphatic heterocycles. The van der Waals surface area contributed by atoms with Crippen LogP contribution in [0.2, 0.25) is 0 Å². The van der Waals surface area contributed by atoms with Crippen molar-refractivity contribution in [2.45, 2.75) is 104 Å². The molecule has 4 heterocycles. The minimum absolute atomic E-state index is 0.296. The molecular weight excluding hydrogens is 757 g/mol. The van der Waals surface area contributed by atoms with Gasteiger partial charge in [-0.05, 0) is 119 Å². The van der Waals surface area contributed by atoms with Gasteiger partial charge in [0.1, 0.15) is 0 Å². The van der Waals surface area contributed by atoms with Crippen molar-refractivity contribution < 1.29 is 19.2 Å². The van der Waals surface area contributed by atoms with Crippen LogP contribution in [0.5, 0.6) is 0 Å². The van der Waals surface area contributed by atoms with Crippen LogP contribution in [-0.2, 0) is 12.8 Å². The Kier molecular flexibility index (Phi) is 12.1. The van der Waals surface area contributed by atoms with Gasteiger partial charge in [-0.3, -0.25) is 19.2 Å². The minimum Gasteiger partial charge on any atom is -0.268 e. The molecule has 0 atom stereocenters. The third-order valence-electron chi connectivity index (χ3n) is 11.8. The van der Waals surface area contributed by atoms with E-state index in [1.807, 2.05) is 48.5 Å². The first-order valence-electron chi connectivity index (χ1n) is 21.1. The summed E-state index contributed by atoms with van der Waals surface area (Å²) in [5, 5.41) is 4.99. The van der Waals surface area contributed by atoms with E-state index < -0.39 is 23.6 Å². The third kappa shape index (κ3) is 7.60. The second-order valence-electron chi connectivity index (χ2n) is 15.6. The number of unbranched alkanes of at least 4 members (excludes halogenated alkanes) is 10. The van der Waals surface area contributed by atoms with Gasteiger partial charge in [-0.15, -0.1) is 22.7 Å². The zero-order valence-electron chi connectivity index (χ0n) is 33.5. The van der Waals surface area contributed by atoms with Crippen LogP contribution in [0.4, 0.5) is 11.4 Å². The monoisotopic (exact) mass is 806 g/mol. The van der Waals surface area contributed by atoms with E-state index in [2.05, 4.69) is 36.7 Å². The van der Waals surface area contributed by atoms with Gasteiger partial charge in [0.15, 0.2) is 0 Å². The quantitative estimate of drug-likeness (QED) is 0.0640. The maximum absolute atomic E-state index is 14.2. The fourth-order valence-corrected chi connectivity index (χ4v) is 10.6. The average Bonchev–Trinajstić information content (AvgIpc) is 3.92. The number of anilines is 2. The Labute approximate surface area is 349 Å². The van der Waals surface area contributed by atoms with E-state index >= 15 is 0 Å². The summed E-state index contributed by atoms with van der Waals surface area (Å²) >= 11 is 3.43. The first-order valence-corrected chi connectivity index (χ1v) is 22.9. The predicted octanol–water partition coefficient (Wildman–Crippen LogP) is 13.7. The van der Waals surface area contributed by atoms with Gasteiger partial charge < -0.3 is 0 Å². The number of aryl methyl sites for hydroxylation is 2. The van der Waals surface area contributed by atoms with E-state index in [1.54, 1.807) is 46.9 Å². The average molecular weight is 807 g/mol. The van der Waals surface area contributed by atoms with Crippen LogP contribution in [0.1, 0.15) is 143 Å². The van der Waals surface area contributed by atoms with Gasteiger partial charge in [-0.2, -0.15) is 0 Å². The first-order chi connectivity index (χ1) is 28.4. The lowest BCUT2D eigenvalue weighted by Gasteiger charge is -2.32. The van der Waals surface area contributed by atoms with Crippen LogP contribution in [0.25, 0.3) is 31.7 Å². The molecule has 0 bridgehead atoms. The number of imide groups is 2. The highest BCUT2D eigenvalue weighted by molar-refractivity contribution is 7.14. The number of hydrogen-bond donors (Lipinski definition) is 0. The Balaban J connectivity index is 1.00. The molecular formula is C50H50N2O4S2. The van der Waals surface area contributed by atoms with Crippen molar-refractivity contribution in [3.05, 3.63) is 129 Å². The molecule has 0 saturated heterocycles. The smallest absolute Gasteiger partial charge is 0.265 e. The SMILES string of the molecule is CCCCCCCCc1ccsc1-c1ccc(N2C(=O)c3ccc4c5c(ccc(c35)C2=O)C(=O)N(c2ccc(-c3sccc3CCCCCCCC)cc2)C4=O)cc1. The topological polar surface area (TPSA) is 74.8 Å². The number of carbonyl (C=O) groups excluding carboxylic acids is 4. The Bertz CT molecular complexity index is 2230. The fourth-order valence-electron chi connectivity index (χ4n) is 8.63. The molecule has 2 aromatic heterocycles. The maximum Gasteiger partial charge on any atom is 0.265 e. The Morgan fingerprint density at radius 1 is 0.397 bits per heavy atom. The van der Waals surface area contributed by atoms with Gasteiger partial charge in [0.25, 0.3) is 23.6 Å². The maximum atomic E-state index is 14.2. The van der Waals surface area contributed by atoms with E-state index in [0.717, 1.165) is 36.8 Å². The van der Waals surface area contributed by atoms with Crippen LogP contribution >= 0.6 is 22.7 Å². The fraction of sp³-hybridized carbons (Fsp3) is 0.320. The number of benzene rings is 4. The molecule has 6 aromatic rings. The van der Waals surface area contributed by atoms with Crippen molar-refractivity contribution in [2.75, 3.05) is 9.80 Å². The largest absolute Gasteiger partial charge is 0.268 e. The predicted molar refractivity (Wildman–Crippen MR) is 240 cm³/mol. The van der Waals surface area contributed by atoms with Crippen molar-refractivity contribution >= 4 is 68.4 Å². The number of rotatable bonds is 18. The highest BCUT2D eigenvalue weighted by atomic mass is 32.1. The summed E-state index contributed by atoms with van der Waals surface area (Å²) in [6.07, 6.45) is 17.1. The Morgan fingerprint density at radius 3 is 1.07 bits per heavy atom. The molecule has 0 unspecified atom stereocenters. The summed E-state index contributed by atoms with van der Waals surface area (Å²) in [6.45, 7) is 4.47. The summed E-state index contributed by atoms with van der Waals surface area (Å²) in [7, 11) is 0. The van der Waals surface area contributed by atoms with Gasteiger partial charge in [-0.1, -0.05) is 102 Å². The highest BCUT2D eigenvalue weighted by Crippen LogP contribution is 2.41. The molecule has 8 heteroatoms. The summed E-state index contributed by atoms with van der Waals surface area (Å²) in [4.78, 5) is 61.5. The van der Waals surface area contributed by atoms with Crippen molar-refractivity contribution in [3.63, 3.8) is 0 Å². The van der Waals surface area contributed by atoms with Crippen LogP contribution in [-0.4, -0.2) is 23.6 Å². The van der Waals surface area contributed by atoms with E-state index in [0.29, 0.717) is 44.4 Å². The van der Waals surface area contributed by atoms with Crippen LogP contribution in [0, 0.1) is 0 Å². The van der Waals surface area contributed by atoms with Gasteiger partial charge in [0, 0.05) is 42.8 Å². The molecule has 0 saturated carbocycles. The molecule has 0 N–H and O–H groups in total. The first kappa shape index (κ1) is 39.6. The van der Waals surface area contributed by atoms with E-state index in [1.165, 1.54) is 94.9 Å². The molecule has 0 spiro atoms. The molecule has 6 nitrogen and oxygen atoms in total. The second-order valence-corrected chi connectivity index (χ2v) is 17.5. The zero-order valence-corrected chi connectivity index (χ0v) is 35.1. The molecule has 296 valence electrons. The Hall–Kier alpha value is -5.18. The standard InChI is InChI=1S/C50H50N2O4S2/c1-3-5-7-9-11-13-15-33-29-31-57-45(33)35-17-21-37(22-18-35)51-47(53)39-25-27-41-44-42(28-26-40(43(39)44)48(51)54)50(56)52(49(41)55)38-23-19-36(20-24-38)46-34(30-32-58-46)16-14-12-10-8-6-4-2/h17-32H,3-16H2,1-2H3. The molecule has 2 aliphatic rings. The van der Waals surface area contributed by atoms with Crippen LogP contribution < -0.4 is 9.80 Å². The van der Waals surface area contributed by atoms with Crippen molar-refractivity contribution in [1.82, 2.24) is 0 Å². The van der Waals surface area contributed by atoms with Crippen molar-refractivity contribution in [3.8, 4) is 20.9 Å². The molecule has 4 aromatic carbocycles. The molecule has 0 fully saturated rings. The van der Waals surface area contributed by atoms with Crippen LogP contribution in [0.15, 0.2) is 95.7 Å². The summed E-state index contributed by atoms with van der Waals surface area (Å²) in [6, 6.07) is 26.2. The molecule has 4 amide bonds. The normalized spacial score (nSPS) is 13.7. The number of amides is 4. The number of thiophene rings is 2. The van der Waals surface area contributed by atoms with Gasteiger partial charge in [-0.25, -0.2) is 9.80 Å². The van der Waals surface area contributed by atoms with Gasteiger partial charge in [0.2, 0.25) is 0 Å². The van der Waals surface area contributed by atoms with Crippen LogP contribution in [0.3, 0.4) is 0 Å². The summed E-state index contributed by atoms with van der Waals surface area (Å²) in [5.74, 6) is -1.90. The lowest BCUT2D eigenvalue weighted by molar-refractivity contribution is 0.0873. The summed E-state index contributed by atoms with van der Waals surface area (Å²) < 4.78 is 0. The zero-order chi connectivity index (χ0) is 40.2. The second kappa shape index (κ2) is 17.8. The summed E-state index contributed by atoms with van der Waals surface area (Å²) in [5.41, 5.74) is 6.93.